The summed E-state index contributed by atoms with van der Waals surface area (Å²) in [6.07, 6.45) is 7.29. The lowest BCUT2D eigenvalue weighted by atomic mass is 10.1. The van der Waals surface area contributed by atoms with Crippen molar-refractivity contribution in [3.63, 3.8) is 0 Å². The summed E-state index contributed by atoms with van der Waals surface area (Å²) in [5, 5.41) is 9.23. The molecule has 216 valence electrons. The molecule has 0 amide bonds. The van der Waals surface area contributed by atoms with Crippen LogP contribution in [0.1, 0.15) is 36.7 Å². The van der Waals surface area contributed by atoms with Crippen molar-refractivity contribution >= 4 is 43.9 Å². The summed E-state index contributed by atoms with van der Waals surface area (Å²) in [4.78, 5) is 16.1. The van der Waals surface area contributed by atoms with Crippen LogP contribution in [0.25, 0.3) is 10.9 Å². The maximum atomic E-state index is 13.3. The van der Waals surface area contributed by atoms with Crippen LogP contribution in [-0.2, 0) is 27.8 Å². The highest BCUT2D eigenvalue weighted by Gasteiger charge is 2.23. The molecule has 12 heteroatoms. The van der Waals surface area contributed by atoms with E-state index in [1.54, 1.807) is 35.2 Å². The molecule has 4 heterocycles. The number of fused-ring (bicyclic) bond motifs is 1. The molecular formula is C30H29ClN6O4S. The van der Waals surface area contributed by atoms with Crippen molar-refractivity contribution < 1.29 is 13.2 Å². The summed E-state index contributed by atoms with van der Waals surface area (Å²) in [6, 6.07) is 19.6. The zero-order chi connectivity index (χ0) is 29.1. The fraction of sp³-hybridized carbons (Fsp3) is 0.233. The molecular weight excluding hydrogens is 576 g/mol. The number of benzene rings is 2. The summed E-state index contributed by atoms with van der Waals surface area (Å²) in [5.41, 5.74) is 3.56. The SMILES string of the molecule is O=c1ccccn1Cc1ccc(Nc2cncc(S(=O)(=O)NCc3nn(C4CCCCO4)c4ccc(Cl)cc34)c2)cc1. The largest absolute Gasteiger partial charge is 0.356 e. The number of hydrogen-bond acceptors (Lipinski definition) is 7. The van der Waals surface area contributed by atoms with Gasteiger partial charge in [-0.05, 0) is 67.3 Å². The molecule has 1 aliphatic heterocycles. The zero-order valence-electron chi connectivity index (χ0n) is 22.6. The molecule has 5 aromatic rings. The number of nitrogens with one attached hydrogen (secondary N) is 2. The first kappa shape index (κ1) is 28.1. The fourth-order valence-electron chi connectivity index (χ4n) is 4.97. The summed E-state index contributed by atoms with van der Waals surface area (Å²) >= 11 is 6.27. The van der Waals surface area contributed by atoms with Crippen LogP contribution in [0.5, 0.6) is 0 Å². The van der Waals surface area contributed by atoms with E-state index in [4.69, 9.17) is 21.4 Å². The number of ether oxygens (including phenoxy) is 1. The lowest BCUT2D eigenvalue weighted by molar-refractivity contribution is -0.0368. The van der Waals surface area contributed by atoms with Crippen molar-refractivity contribution in [2.75, 3.05) is 11.9 Å². The van der Waals surface area contributed by atoms with Crippen LogP contribution >= 0.6 is 11.6 Å². The van der Waals surface area contributed by atoms with E-state index in [-0.39, 0.29) is 23.2 Å². The van der Waals surface area contributed by atoms with Crippen LogP contribution in [0, 0.1) is 0 Å². The van der Waals surface area contributed by atoms with Gasteiger partial charge in [-0.3, -0.25) is 9.78 Å². The highest BCUT2D eigenvalue weighted by molar-refractivity contribution is 7.89. The quantitative estimate of drug-likeness (QED) is 0.237. The number of pyridine rings is 2. The monoisotopic (exact) mass is 604 g/mol. The van der Waals surface area contributed by atoms with Gasteiger partial charge in [0.1, 0.15) is 4.90 Å². The fourth-order valence-corrected chi connectivity index (χ4v) is 6.12. The Kier molecular flexibility index (Phi) is 8.07. The normalized spacial score (nSPS) is 15.6. The molecule has 3 aromatic heterocycles. The minimum absolute atomic E-state index is 0.0185. The number of nitrogens with zero attached hydrogens (tertiary/aromatic N) is 4. The Morgan fingerprint density at radius 1 is 1.00 bits per heavy atom. The molecule has 0 bridgehead atoms. The van der Waals surface area contributed by atoms with Crippen LogP contribution in [0.3, 0.4) is 0 Å². The van der Waals surface area contributed by atoms with Gasteiger partial charge in [-0.25, -0.2) is 17.8 Å². The van der Waals surface area contributed by atoms with Gasteiger partial charge in [0.25, 0.3) is 5.56 Å². The third kappa shape index (κ3) is 6.24. The van der Waals surface area contributed by atoms with Gasteiger partial charge in [-0.2, -0.15) is 5.10 Å². The second-order valence-corrected chi connectivity index (χ2v) is 12.3. The van der Waals surface area contributed by atoms with Gasteiger partial charge in [0.15, 0.2) is 6.23 Å². The molecule has 10 nitrogen and oxygen atoms in total. The standard InChI is InChI=1S/C30H29ClN6O4S/c31-22-9-12-28-26(15-22)27(35-37(28)30-6-2-4-14-41-30)19-33-42(39,40)25-16-24(17-32-18-25)34-23-10-7-21(8-11-23)20-36-13-3-1-5-29(36)38/h1,3,5,7-13,15-18,30,33-34H,2,4,6,14,19-20H2. The molecule has 1 aliphatic rings. The average Bonchev–Trinajstić information content (AvgIpc) is 3.36. The van der Waals surface area contributed by atoms with Crippen LogP contribution in [0.15, 0.2) is 95.0 Å². The number of aromatic nitrogens is 4. The Labute approximate surface area is 248 Å². The first-order valence-corrected chi connectivity index (χ1v) is 15.5. The summed E-state index contributed by atoms with van der Waals surface area (Å²) in [6.45, 7) is 1.09. The van der Waals surface area contributed by atoms with E-state index in [9.17, 15) is 13.2 Å². The maximum Gasteiger partial charge on any atom is 0.250 e. The number of rotatable bonds is 9. The molecule has 0 radical (unpaired) electrons. The third-order valence-electron chi connectivity index (χ3n) is 7.12. The topological polar surface area (TPSA) is 120 Å². The van der Waals surface area contributed by atoms with Gasteiger partial charge in [-0.15, -0.1) is 0 Å². The van der Waals surface area contributed by atoms with E-state index >= 15 is 0 Å². The third-order valence-corrected chi connectivity index (χ3v) is 8.72. The second-order valence-electron chi connectivity index (χ2n) is 10.1. The van der Waals surface area contributed by atoms with E-state index in [1.165, 1.54) is 18.3 Å². The molecule has 1 saturated heterocycles. The molecule has 2 aromatic carbocycles. The predicted octanol–water partition coefficient (Wildman–Crippen LogP) is 5.22. The molecule has 42 heavy (non-hydrogen) atoms. The minimum atomic E-state index is -3.91. The lowest BCUT2D eigenvalue weighted by Crippen LogP contribution is -2.24. The smallest absolute Gasteiger partial charge is 0.250 e. The lowest BCUT2D eigenvalue weighted by Gasteiger charge is -2.23. The summed E-state index contributed by atoms with van der Waals surface area (Å²) < 4.78 is 38.6. The van der Waals surface area contributed by atoms with Gasteiger partial charge in [0.2, 0.25) is 10.0 Å². The van der Waals surface area contributed by atoms with Crippen LogP contribution in [0.4, 0.5) is 11.4 Å². The predicted molar refractivity (Wildman–Crippen MR) is 161 cm³/mol. The molecule has 0 spiro atoms. The highest BCUT2D eigenvalue weighted by Crippen LogP contribution is 2.30. The zero-order valence-corrected chi connectivity index (χ0v) is 24.2. The van der Waals surface area contributed by atoms with E-state index in [0.29, 0.717) is 29.6 Å². The van der Waals surface area contributed by atoms with Crippen molar-refractivity contribution in [3.8, 4) is 0 Å². The Morgan fingerprint density at radius 2 is 1.86 bits per heavy atom. The number of anilines is 2. The van der Waals surface area contributed by atoms with Crippen LogP contribution in [-0.4, -0.2) is 34.4 Å². The molecule has 6 rings (SSSR count). The molecule has 0 aliphatic carbocycles. The van der Waals surface area contributed by atoms with Gasteiger partial charge >= 0.3 is 0 Å². The van der Waals surface area contributed by atoms with Gasteiger partial charge in [-0.1, -0.05) is 29.8 Å². The van der Waals surface area contributed by atoms with Crippen molar-refractivity contribution in [2.45, 2.75) is 43.5 Å². The molecule has 1 fully saturated rings. The molecule has 1 unspecified atom stereocenters. The number of halogens is 1. The van der Waals surface area contributed by atoms with Crippen molar-refractivity contribution in [2.24, 2.45) is 0 Å². The van der Waals surface area contributed by atoms with Crippen LogP contribution in [0.2, 0.25) is 5.02 Å². The van der Waals surface area contributed by atoms with Gasteiger partial charge < -0.3 is 14.6 Å². The average molecular weight is 605 g/mol. The number of sulfonamides is 1. The van der Waals surface area contributed by atoms with Crippen molar-refractivity contribution in [1.29, 1.82) is 0 Å². The first-order chi connectivity index (χ1) is 20.4. The maximum absolute atomic E-state index is 13.3. The van der Waals surface area contributed by atoms with E-state index in [1.807, 2.05) is 41.1 Å². The minimum Gasteiger partial charge on any atom is -0.356 e. The van der Waals surface area contributed by atoms with Crippen molar-refractivity contribution in [1.82, 2.24) is 24.1 Å². The Bertz CT molecular complexity index is 1880. The van der Waals surface area contributed by atoms with E-state index in [2.05, 4.69) is 15.0 Å². The summed E-state index contributed by atoms with van der Waals surface area (Å²) in [7, 11) is -3.91. The Hall–Kier alpha value is -4.03. The van der Waals surface area contributed by atoms with Gasteiger partial charge in [0, 0.05) is 41.2 Å². The van der Waals surface area contributed by atoms with Gasteiger partial charge in [0.05, 0.1) is 36.2 Å². The molecule has 1 atom stereocenters. The summed E-state index contributed by atoms with van der Waals surface area (Å²) in [5.74, 6) is 0. The number of hydrogen-bond donors (Lipinski definition) is 2. The second kappa shape index (κ2) is 12.1. The van der Waals surface area contributed by atoms with E-state index < -0.39 is 10.0 Å². The molecule has 0 saturated carbocycles. The van der Waals surface area contributed by atoms with E-state index in [0.717, 1.165) is 41.4 Å². The molecule has 2 N–H and O–H groups in total. The first-order valence-electron chi connectivity index (χ1n) is 13.6. The van der Waals surface area contributed by atoms with Crippen LogP contribution < -0.4 is 15.6 Å². The Balaban J connectivity index is 1.16. The highest BCUT2D eigenvalue weighted by atomic mass is 35.5. The Morgan fingerprint density at radius 3 is 2.64 bits per heavy atom. The van der Waals surface area contributed by atoms with Crippen molar-refractivity contribution in [3.05, 3.63) is 112 Å².